The van der Waals surface area contributed by atoms with Crippen LogP contribution in [0.1, 0.15) is 38.7 Å². The first kappa shape index (κ1) is 21.9. The molecule has 1 N–H and O–H groups in total. The van der Waals surface area contributed by atoms with Crippen molar-refractivity contribution in [3.8, 4) is 17.1 Å². The minimum absolute atomic E-state index is 0.0512. The molecule has 7 heteroatoms. The number of ether oxygens (including phenoxy) is 1. The Labute approximate surface area is 182 Å². The zero-order chi connectivity index (χ0) is 21.7. The van der Waals surface area contributed by atoms with E-state index in [4.69, 9.17) is 4.74 Å². The topological polar surface area (TPSA) is 69.0 Å². The van der Waals surface area contributed by atoms with E-state index in [1.807, 2.05) is 61.0 Å². The van der Waals surface area contributed by atoms with Gasteiger partial charge in [0.25, 0.3) is 0 Å². The number of rotatable bonds is 8. The van der Waals surface area contributed by atoms with Crippen molar-refractivity contribution in [2.75, 3.05) is 12.4 Å². The highest BCUT2D eigenvalue weighted by atomic mass is 32.2. The molecule has 3 rings (SSSR count). The van der Waals surface area contributed by atoms with E-state index in [1.165, 1.54) is 11.8 Å². The molecule has 2 aromatic carbocycles. The molecule has 0 spiro atoms. The first-order chi connectivity index (χ1) is 14.4. The zero-order valence-corrected chi connectivity index (χ0v) is 18.9. The average Bonchev–Trinajstić information content (AvgIpc) is 3.13. The summed E-state index contributed by atoms with van der Waals surface area (Å²) in [6, 6.07) is 15.7. The molecule has 0 aliphatic heterocycles. The van der Waals surface area contributed by atoms with Gasteiger partial charge in [0.05, 0.1) is 12.4 Å². The molecule has 1 amide bonds. The Balaban J connectivity index is 1.71. The van der Waals surface area contributed by atoms with Gasteiger partial charge in [-0.05, 0) is 55.2 Å². The summed E-state index contributed by atoms with van der Waals surface area (Å²) >= 11 is 1.39. The molecular formula is C23H28N4O2S. The van der Waals surface area contributed by atoms with Crippen LogP contribution in [0, 0.1) is 0 Å². The second kappa shape index (κ2) is 9.80. The molecule has 0 saturated carbocycles. The second-order valence-corrected chi connectivity index (χ2v) is 8.55. The Hall–Kier alpha value is -2.80. The number of nitrogens with one attached hydrogen (secondary N) is 1. The lowest BCUT2D eigenvalue weighted by Crippen LogP contribution is -2.23. The van der Waals surface area contributed by atoms with Crippen molar-refractivity contribution in [3.63, 3.8) is 0 Å². The molecule has 0 saturated heterocycles. The van der Waals surface area contributed by atoms with Crippen LogP contribution in [-0.4, -0.2) is 33.0 Å². The fourth-order valence-electron chi connectivity index (χ4n) is 3.12. The standard InChI is InChI=1S/C23H28N4O2S/c1-6-15(2)19-9-7-8-10-20(19)24-22(28)16(3)30-23-26-25-21(27(23)4)17-11-13-18(29-5)14-12-17/h7-16H,6H2,1-5H3,(H,24,28)/t15-,16+/m0/s1. The van der Waals surface area contributed by atoms with Crippen LogP contribution in [-0.2, 0) is 11.8 Å². The summed E-state index contributed by atoms with van der Waals surface area (Å²) in [6.07, 6.45) is 1.02. The summed E-state index contributed by atoms with van der Waals surface area (Å²) in [5.41, 5.74) is 2.98. The van der Waals surface area contributed by atoms with E-state index in [-0.39, 0.29) is 11.2 Å². The van der Waals surface area contributed by atoms with Crippen LogP contribution in [0.4, 0.5) is 5.69 Å². The van der Waals surface area contributed by atoms with E-state index < -0.39 is 0 Å². The molecule has 1 heterocycles. The van der Waals surface area contributed by atoms with Crippen LogP contribution < -0.4 is 10.1 Å². The van der Waals surface area contributed by atoms with E-state index in [0.29, 0.717) is 11.1 Å². The van der Waals surface area contributed by atoms with E-state index >= 15 is 0 Å². The Kier molecular flexibility index (Phi) is 7.15. The van der Waals surface area contributed by atoms with Crippen LogP contribution in [0.2, 0.25) is 0 Å². The van der Waals surface area contributed by atoms with E-state index in [9.17, 15) is 4.79 Å². The molecule has 0 aliphatic rings. The third-order valence-corrected chi connectivity index (χ3v) is 6.33. The highest BCUT2D eigenvalue weighted by Crippen LogP contribution is 2.29. The molecule has 30 heavy (non-hydrogen) atoms. The summed E-state index contributed by atoms with van der Waals surface area (Å²) in [5, 5.41) is 12.1. The lowest BCUT2D eigenvalue weighted by atomic mass is 9.97. The highest BCUT2D eigenvalue weighted by Gasteiger charge is 2.21. The van der Waals surface area contributed by atoms with Gasteiger partial charge in [-0.15, -0.1) is 10.2 Å². The molecule has 158 valence electrons. The minimum Gasteiger partial charge on any atom is -0.497 e. The van der Waals surface area contributed by atoms with Crippen molar-refractivity contribution in [2.24, 2.45) is 7.05 Å². The number of nitrogens with zero attached hydrogens (tertiary/aromatic N) is 3. The number of para-hydroxylation sites is 1. The maximum Gasteiger partial charge on any atom is 0.237 e. The first-order valence-electron chi connectivity index (χ1n) is 10.0. The van der Waals surface area contributed by atoms with Crippen molar-refractivity contribution in [1.29, 1.82) is 0 Å². The Morgan fingerprint density at radius 1 is 1.13 bits per heavy atom. The lowest BCUT2D eigenvalue weighted by Gasteiger charge is -2.17. The smallest absolute Gasteiger partial charge is 0.237 e. The van der Waals surface area contributed by atoms with E-state index in [1.54, 1.807) is 7.11 Å². The number of thioether (sulfide) groups is 1. The number of hydrogen-bond donors (Lipinski definition) is 1. The molecule has 0 aliphatic carbocycles. The fraction of sp³-hybridized carbons (Fsp3) is 0.348. The Morgan fingerprint density at radius 3 is 2.50 bits per heavy atom. The predicted molar refractivity (Wildman–Crippen MR) is 122 cm³/mol. The zero-order valence-electron chi connectivity index (χ0n) is 18.0. The summed E-state index contributed by atoms with van der Waals surface area (Å²) in [7, 11) is 3.55. The summed E-state index contributed by atoms with van der Waals surface area (Å²) in [6.45, 7) is 6.20. The third kappa shape index (κ3) is 4.84. The largest absolute Gasteiger partial charge is 0.497 e. The number of carbonyl (C=O) groups excluding carboxylic acids is 1. The third-order valence-electron chi connectivity index (χ3n) is 5.20. The molecule has 2 atom stereocenters. The van der Waals surface area contributed by atoms with Crippen molar-refractivity contribution < 1.29 is 9.53 Å². The van der Waals surface area contributed by atoms with Gasteiger partial charge >= 0.3 is 0 Å². The molecule has 0 fully saturated rings. The van der Waals surface area contributed by atoms with Gasteiger partial charge in [0.2, 0.25) is 5.91 Å². The van der Waals surface area contributed by atoms with Crippen LogP contribution in [0.15, 0.2) is 53.7 Å². The quantitative estimate of drug-likeness (QED) is 0.508. The van der Waals surface area contributed by atoms with E-state index in [0.717, 1.165) is 34.8 Å². The number of benzene rings is 2. The number of aromatic nitrogens is 3. The van der Waals surface area contributed by atoms with Crippen LogP contribution in [0.25, 0.3) is 11.4 Å². The SMILES string of the molecule is CC[C@H](C)c1ccccc1NC(=O)[C@@H](C)Sc1nnc(-c2ccc(OC)cc2)n1C. The van der Waals surface area contributed by atoms with Gasteiger partial charge in [-0.2, -0.15) is 0 Å². The minimum atomic E-state index is -0.318. The Morgan fingerprint density at radius 2 is 1.83 bits per heavy atom. The Bertz CT molecular complexity index is 1000. The monoisotopic (exact) mass is 424 g/mol. The van der Waals surface area contributed by atoms with Crippen LogP contribution in [0.3, 0.4) is 0 Å². The number of methoxy groups -OCH3 is 1. The lowest BCUT2D eigenvalue weighted by molar-refractivity contribution is -0.115. The van der Waals surface area contributed by atoms with Crippen LogP contribution >= 0.6 is 11.8 Å². The molecule has 0 radical (unpaired) electrons. The van der Waals surface area contributed by atoms with Crippen molar-refractivity contribution in [2.45, 2.75) is 43.5 Å². The van der Waals surface area contributed by atoms with E-state index in [2.05, 4.69) is 35.4 Å². The summed E-state index contributed by atoms with van der Waals surface area (Å²) in [5.74, 6) is 1.87. The van der Waals surface area contributed by atoms with Gasteiger partial charge in [0.1, 0.15) is 5.75 Å². The van der Waals surface area contributed by atoms with Crippen molar-refractivity contribution in [1.82, 2.24) is 14.8 Å². The van der Waals surface area contributed by atoms with Gasteiger partial charge in [-0.25, -0.2) is 0 Å². The molecule has 3 aromatic rings. The highest BCUT2D eigenvalue weighted by molar-refractivity contribution is 8.00. The molecular weight excluding hydrogens is 396 g/mol. The summed E-state index contributed by atoms with van der Waals surface area (Å²) in [4.78, 5) is 12.8. The maximum atomic E-state index is 12.8. The van der Waals surface area contributed by atoms with Crippen molar-refractivity contribution >= 4 is 23.4 Å². The van der Waals surface area contributed by atoms with Crippen molar-refractivity contribution in [3.05, 3.63) is 54.1 Å². The van der Waals surface area contributed by atoms with Gasteiger partial charge in [0, 0.05) is 18.3 Å². The normalized spacial score (nSPS) is 13.0. The predicted octanol–water partition coefficient (Wildman–Crippen LogP) is 5.12. The van der Waals surface area contributed by atoms with Gasteiger partial charge in [-0.1, -0.05) is 43.8 Å². The molecule has 6 nitrogen and oxygen atoms in total. The number of anilines is 1. The first-order valence-corrected chi connectivity index (χ1v) is 10.9. The average molecular weight is 425 g/mol. The number of amides is 1. The van der Waals surface area contributed by atoms with Gasteiger partial charge in [0.15, 0.2) is 11.0 Å². The molecule has 0 bridgehead atoms. The number of carbonyl (C=O) groups is 1. The van der Waals surface area contributed by atoms with Gasteiger partial charge < -0.3 is 14.6 Å². The number of hydrogen-bond acceptors (Lipinski definition) is 5. The van der Waals surface area contributed by atoms with Gasteiger partial charge in [-0.3, -0.25) is 4.79 Å². The summed E-state index contributed by atoms with van der Waals surface area (Å²) < 4.78 is 7.11. The molecule has 1 aromatic heterocycles. The second-order valence-electron chi connectivity index (χ2n) is 7.24. The maximum absolute atomic E-state index is 12.8. The van der Waals surface area contributed by atoms with Crippen LogP contribution in [0.5, 0.6) is 5.75 Å². The fourth-order valence-corrected chi connectivity index (χ4v) is 3.93. The molecule has 0 unspecified atom stereocenters.